The van der Waals surface area contributed by atoms with Crippen molar-refractivity contribution in [2.24, 2.45) is 0 Å². The van der Waals surface area contributed by atoms with Gasteiger partial charge in [-0.05, 0) is 53.9 Å². The van der Waals surface area contributed by atoms with Crippen molar-refractivity contribution in [1.29, 1.82) is 0 Å². The number of carbonyl (C=O) groups is 1. The van der Waals surface area contributed by atoms with Crippen LogP contribution in [0, 0.1) is 5.82 Å². The number of thioether (sulfide) groups is 1. The zero-order valence-electron chi connectivity index (χ0n) is 22.5. The summed E-state index contributed by atoms with van der Waals surface area (Å²) in [7, 11) is 0. The Labute approximate surface area is 250 Å². The van der Waals surface area contributed by atoms with E-state index in [9.17, 15) is 9.18 Å². The molecule has 0 spiro atoms. The van der Waals surface area contributed by atoms with E-state index < -0.39 is 0 Å². The normalized spacial score (nSPS) is 11.1. The molecule has 3 heterocycles. The van der Waals surface area contributed by atoms with E-state index in [1.807, 2.05) is 63.4 Å². The fraction of sp³-hybridized carbons (Fsp3) is 0.125. The topological polar surface area (TPSA) is 77.0 Å². The summed E-state index contributed by atoms with van der Waals surface area (Å²) in [5.74, 6) is 1.12. The minimum atomic E-state index is -0.328. The molecule has 3 aromatic heterocycles. The molecule has 0 bridgehead atoms. The first-order chi connectivity index (χ1) is 20.6. The van der Waals surface area contributed by atoms with Gasteiger partial charge < -0.3 is 9.32 Å². The van der Waals surface area contributed by atoms with Gasteiger partial charge in [-0.2, -0.15) is 0 Å². The highest BCUT2D eigenvalue weighted by Crippen LogP contribution is 2.31. The van der Waals surface area contributed by atoms with E-state index in [4.69, 9.17) is 9.40 Å². The van der Waals surface area contributed by atoms with Crippen LogP contribution in [0.4, 0.5) is 4.39 Å². The van der Waals surface area contributed by atoms with Crippen LogP contribution >= 0.6 is 23.1 Å². The zero-order valence-corrected chi connectivity index (χ0v) is 24.1. The standard InChI is InChI=1S/C32H26FN5O2S2/c33-25-13-15-26(16-14-25)38-30(28-12-7-19-40-28)35-36-32(38)42-22-29-34-27(21-41-29)31(39)37(20-24-10-5-2-6-11-24)18-17-23-8-3-1-4-9-23/h1-16,19,21H,17-18,20,22H2. The van der Waals surface area contributed by atoms with Gasteiger partial charge >= 0.3 is 0 Å². The van der Waals surface area contributed by atoms with E-state index in [0.717, 1.165) is 17.0 Å². The van der Waals surface area contributed by atoms with Crippen LogP contribution in [-0.4, -0.2) is 37.1 Å². The lowest BCUT2D eigenvalue weighted by atomic mass is 10.1. The highest BCUT2D eigenvalue weighted by Gasteiger charge is 2.21. The van der Waals surface area contributed by atoms with Gasteiger partial charge in [-0.3, -0.25) is 9.36 Å². The Morgan fingerprint density at radius 3 is 2.36 bits per heavy atom. The molecule has 0 aliphatic carbocycles. The number of rotatable bonds is 11. The smallest absolute Gasteiger partial charge is 0.273 e. The van der Waals surface area contributed by atoms with Gasteiger partial charge in [0, 0.05) is 18.5 Å². The minimum Gasteiger partial charge on any atom is -0.461 e. The number of furan rings is 1. The lowest BCUT2D eigenvalue weighted by Crippen LogP contribution is -2.32. The molecule has 0 unspecified atom stereocenters. The number of thiazole rings is 1. The molecule has 10 heteroatoms. The fourth-order valence-electron chi connectivity index (χ4n) is 4.48. The van der Waals surface area contributed by atoms with Crippen molar-refractivity contribution < 1.29 is 13.6 Å². The van der Waals surface area contributed by atoms with Crippen molar-refractivity contribution in [3.8, 4) is 17.3 Å². The van der Waals surface area contributed by atoms with Crippen molar-refractivity contribution in [2.45, 2.75) is 23.9 Å². The van der Waals surface area contributed by atoms with E-state index >= 15 is 0 Å². The van der Waals surface area contributed by atoms with Gasteiger partial charge in [0.15, 0.2) is 10.9 Å². The van der Waals surface area contributed by atoms with Crippen LogP contribution in [0.5, 0.6) is 0 Å². The molecule has 0 aliphatic rings. The molecular weight excluding hydrogens is 570 g/mol. The third-order valence-electron chi connectivity index (χ3n) is 6.57. The van der Waals surface area contributed by atoms with Crippen molar-refractivity contribution >= 4 is 29.0 Å². The summed E-state index contributed by atoms with van der Waals surface area (Å²) < 4.78 is 21.0. The number of benzene rings is 3. The summed E-state index contributed by atoms with van der Waals surface area (Å²) in [6.07, 6.45) is 2.32. The van der Waals surface area contributed by atoms with Gasteiger partial charge in [-0.25, -0.2) is 9.37 Å². The highest BCUT2D eigenvalue weighted by molar-refractivity contribution is 7.98. The Balaban J connectivity index is 1.19. The second kappa shape index (κ2) is 13.0. The fourth-order valence-corrected chi connectivity index (χ4v) is 6.22. The number of hydrogen-bond donors (Lipinski definition) is 0. The molecule has 1 amide bonds. The number of halogens is 1. The lowest BCUT2D eigenvalue weighted by molar-refractivity contribution is 0.0740. The largest absolute Gasteiger partial charge is 0.461 e. The van der Waals surface area contributed by atoms with Crippen molar-refractivity contribution in [1.82, 2.24) is 24.6 Å². The Bertz CT molecular complexity index is 1740. The van der Waals surface area contributed by atoms with Gasteiger partial charge in [0.05, 0.1) is 17.7 Å². The number of aromatic nitrogens is 4. The quantitative estimate of drug-likeness (QED) is 0.146. The second-order valence-corrected chi connectivity index (χ2v) is 11.3. The highest BCUT2D eigenvalue weighted by atomic mass is 32.2. The maximum Gasteiger partial charge on any atom is 0.273 e. The minimum absolute atomic E-state index is 0.100. The molecular formula is C32H26FN5O2S2. The molecule has 0 fully saturated rings. The van der Waals surface area contributed by atoms with E-state index in [1.54, 1.807) is 30.5 Å². The van der Waals surface area contributed by atoms with E-state index in [0.29, 0.717) is 47.0 Å². The van der Waals surface area contributed by atoms with Gasteiger partial charge in [0.2, 0.25) is 5.82 Å². The van der Waals surface area contributed by atoms with E-state index in [1.165, 1.54) is 40.8 Å². The summed E-state index contributed by atoms with van der Waals surface area (Å²) in [4.78, 5) is 20.2. The summed E-state index contributed by atoms with van der Waals surface area (Å²) in [5, 5.41) is 11.9. The summed E-state index contributed by atoms with van der Waals surface area (Å²) in [5.41, 5.74) is 3.38. The molecule has 0 N–H and O–H groups in total. The Hall–Kier alpha value is -4.54. The Kier molecular flexibility index (Phi) is 8.53. The third-order valence-corrected chi connectivity index (χ3v) is 8.54. The van der Waals surface area contributed by atoms with Crippen molar-refractivity contribution in [2.75, 3.05) is 6.54 Å². The SMILES string of the molecule is O=C(c1csc(CSc2nnc(-c3ccco3)n2-c2ccc(F)cc2)n1)N(CCc1ccccc1)Cc1ccccc1. The summed E-state index contributed by atoms with van der Waals surface area (Å²) >= 11 is 2.88. The number of carbonyl (C=O) groups excluding carboxylic acids is 1. The monoisotopic (exact) mass is 595 g/mol. The van der Waals surface area contributed by atoms with Crippen LogP contribution in [-0.2, 0) is 18.7 Å². The maximum absolute atomic E-state index is 13.7. The molecule has 3 aromatic carbocycles. The van der Waals surface area contributed by atoms with Gasteiger partial charge in [0.25, 0.3) is 5.91 Å². The summed E-state index contributed by atoms with van der Waals surface area (Å²) in [6.45, 7) is 1.08. The van der Waals surface area contributed by atoms with Crippen LogP contribution in [0.15, 0.2) is 118 Å². The predicted molar refractivity (Wildman–Crippen MR) is 162 cm³/mol. The maximum atomic E-state index is 13.7. The van der Waals surface area contributed by atoms with Gasteiger partial charge in [-0.15, -0.1) is 21.5 Å². The molecule has 6 aromatic rings. The first-order valence-corrected chi connectivity index (χ1v) is 15.2. The van der Waals surface area contributed by atoms with Crippen molar-refractivity contribution in [3.05, 3.63) is 136 Å². The van der Waals surface area contributed by atoms with Gasteiger partial charge in [0.1, 0.15) is 16.5 Å². The number of nitrogens with zero attached hydrogens (tertiary/aromatic N) is 5. The second-order valence-electron chi connectivity index (χ2n) is 9.46. The molecule has 0 saturated carbocycles. The Morgan fingerprint density at radius 1 is 0.905 bits per heavy atom. The van der Waals surface area contributed by atoms with Gasteiger partial charge in [-0.1, -0.05) is 72.4 Å². The average Bonchev–Trinajstić information content (AvgIpc) is 3.81. The lowest BCUT2D eigenvalue weighted by Gasteiger charge is -2.22. The van der Waals surface area contributed by atoms with Crippen LogP contribution in [0.3, 0.4) is 0 Å². The van der Waals surface area contributed by atoms with Crippen molar-refractivity contribution in [3.63, 3.8) is 0 Å². The zero-order chi connectivity index (χ0) is 28.7. The molecule has 0 aliphatic heterocycles. The van der Waals surface area contributed by atoms with Crippen LogP contribution < -0.4 is 0 Å². The van der Waals surface area contributed by atoms with E-state index in [2.05, 4.69) is 22.3 Å². The first kappa shape index (κ1) is 27.6. The van der Waals surface area contributed by atoms with Crippen LogP contribution in [0.1, 0.15) is 26.6 Å². The molecule has 7 nitrogen and oxygen atoms in total. The first-order valence-electron chi connectivity index (χ1n) is 13.3. The number of amides is 1. The molecule has 0 saturated heterocycles. The molecule has 6 rings (SSSR count). The number of hydrogen-bond acceptors (Lipinski definition) is 7. The molecule has 0 atom stereocenters. The molecule has 0 radical (unpaired) electrons. The molecule has 42 heavy (non-hydrogen) atoms. The third kappa shape index (κ3) is 6.50. The molecule has 210 valence electrons. The average molecular weight is 596 g/mol. The predicted octanol–water partition coefficient (Wildman–Crippen LogP) is 7.30. The Morgan fingerprint density at radius 2 is 1.64 bits per heavy atom. The van der Waals surface area contributed by atoms with E-state index in [-0.39, 0.29) is 11.7 Å². The summed E-state index contributed by atoms with van der Waals surface area (Å²) in [6, 6.07) is 29.9. The van der Waals surface area contributed by atoms with Crippen LogP contribution in [0.25, 0.3) is 17.3 Å². The van der Waals surface area contributed by atoms with Crippen LogP contribution in [0.2, 0.25) is 0 Å².